The van der Waals surface area contributed by atoms with Crippen LogP contribution in [0.2, 0.25) is 0 Å². The molecule has 41 heavy (non-hydrogen) atoms. The van der Waals surface area contributed by atoms with Gasteiger partial charge in [0.05, 0.1) is 34.3 Å². The third kappa shape index (κ3) is 6.74. The number of sulfonamides is 1. The first-order chi connectivity index (χ1) is 19.8. The Hall–Kier alpha value is -4.67. The highest BCUT2D eigenvalue weighted by Gasteiger charge is 2.22. The summed E-state index contributed by atoms with van der Waals surface area (Å²) >= 11 is 0. The second-order valence-electron chi connectivity index (χ2n) is 9.28. The Morgan fingerprint density at radius 2 is 1.90 bits per heavy atom. The van der Waals surface area contributed by atoms with Gasteiger partial charge in [-0.1, -0.05) is 18.2 Å². The minimum absolute atomic E-state index is 0.0313. The summed E-state index contributed by atoms with van der Waals surface area (Å²) in [5.74, 6) is -3.57. The molecule has 0 saturated carbocycles. The molecule has 1 fully saturated rings. The van der Waals surface area contributed by atoms with E-state index in [0.29, 0.717) is 17.2 Å². The first-order valence-corrected chi connectivity index (χ1v) is 14.4. The van der Waals surface area contributed by atoms with Crippen LogP contribution in [0.15, 0.2) is 67.0 Å². The topological polar surface area (TPSA) is 142 Å². The number of piperidine rings is 1. The molecule has 0 radical (unpaired) electrons. The molecule has 1 atom stereocenters. The number of nitrogens with zero attached hydrogens (tertiary/aromatic N) is 4. The van der Waals surface area contributed by atoms with Crippen molar-refractivity contribution in [3.05, 3.63) is 89.8 Å². The molecular formula is C28H25F2N7O3S. The lowest BCUT2D eigenvalue weighted by Crippen LogP contribution is -2.38. The molecule has 10 nitrogen and oxygen atoms in total. The van der Waals surface area contributed by atoms with Crippen molar-refractivity contribution in [1.29, 1.82) is 5.26 Å². The van der Waals surface area contributed by atoms with Crippen LogP contribution < -0.4 is 20.1 Å². The lowest BCUT2D eigenvalue weighted by atomic mass is 10.1. The maximum Gasteiger partial charge on any atom is 0.237 e. The van der Waals surface area contributed by atoms with Crippen molar-refractivity contribution in [2.24, 2.45) is 0 Å². The molecule has 210 valence electrons. The highest BCUT2D eigenvalue weighted by atomic mass is 32.2. The Morgan fingerprint density at radius 1 is 1.05 bits per heavy atom. The van der Waals surface area contributed by atoms with E-state index in [1.54, 1.807) is 36.5 Å². The molecule has 4 aromatic rings. The zero-order valence-electron chi connectivity index (χ0n) is 21.6. The van der Waals surface area contributed by atoms with E-state index in [4.69, 9.17) is 4.74 Å². The van der Waals surface area contributed by atoms with Gasteiger partial charge in [0.15, 0.2) is 11.6 Å². The number of pyridine rings is 1. The fourth-order valence-corrected chi connectivity index (χ4v) is 5.59. The molecule has 1 saturated heterocycles. The fourth-order valence-electron chi connectivity index (χ4n) is 4.36. The smallest absolute Gasteiger partial charge is 0.237 e. The van der Waals surface area contributed by atoms with Crippen LogP contribution in [0, 0.1) is 23.0 Å². The highest BCUT2D eigenvalue weighted by Crippen LogP contribution is 2.34. The van der Waals surface area contributed by atoms with Crippen LogP contribution in [0.1, 0.15) is 24.0 Å². The number of aromatic nitrogens is 3. The van der Waals surface area contributed by atoms with Gasteiger partial charge in [0.2, 0.25) is 27.7 Å². The normalized spacial score (nSPS) is 15.1. The van der Waals surface area contributed by atoms with Gasteiger partial charge in [-0.05, 0) is 61.3 Å². The van der Waals surface area contributed by atoms with Crippen LogP contribution in [0.25, 0.3) is 11.3 Å². The number of anilines is 2. The van der Waals surface area contributed by atoms with Gasteiger partial charge >= 0.3 is 0 Å². The molecule has 2 aromatic heterocycles. The van der Waals surface area contributed by atoms with E-state index in [-0.39, 0.29) is 23.0 Å². The number of hydrogen-bond donors (Lipinski definition) is 3. The Labute approximate surface area is 235 Å². The zero-order chi connectivity index (χ0) is 28.8. The highest BCUT2D eigenvalue weighted by molar-refractivity contribution is 7.91. The number of rotatable bonds is 9. The van der Waals surface area contributed by atoms with Gasteiger partial charge in [-0.25, -0.2) is 27.8 Å². The van der Waals surface area contributed by atoms with Crippen LogP contribution in [-0.2, 0) is 15.8 Å². The molecular weight excluding hydrogens is 552 g/mol. The number of benzene rings is 2. The Morgan fingerprint density at radius 3 is 2.71 bits per heavy atom. The first-order valence-electron chi connectivity index (χ1n) is 12.7. The molecule has 5 rings (SSSR count). The van der Waals surface area contributed by atoms with Crippen molar-refractivity contribution >= 4 is 21.7 Å². The monoisotopic (exact) mass is 577 g/mol. The maximum atomic E-state index is 15.1. The van der Waals surface area contributed by atoms with Crippen molar-refractivity contribution in [3.8, 4) is 29.0 Å². The van der Waals surface area contributed by atoms with Gasteiger partial charge in [0, 0.05) is 25.0 Å². The van der Waals surface area contributed by atoms with Crippen LogP contribution >= 0.6 is 0 Å². The van der Waals surface area contributed by atoms with Crippen LogP contribution in [0.4, 0.5) is 20.4 Å². The molecule has 0 aliphatic carbocycles. The molecule has 2 aromatic carbocycles. The number of nitrogens with one attached hydrogen (secondary N) is 3. The van der Waals surface area contributed by atoms with E-state index in [1.165, 1.54) is 18.3 Å². The van der Waals surface area contributed by atoms with E-state index in [1.807, 2.05) is 10.8 Å². The van der Waals surface area contributed by atoms with Gasteiger partial charge in [-0.2, -0.15) is 9.65 Å². The van der Waals surface area contributed by atoms with Gasteiger partial charge < -0.3 is 15.4 Å². The quantitative estimate of drug-likeness (QED) is 0.260. The van der Waals surface area contributed by atoms with E-state index in [0.717, 1.165) is 38.1 Å². The summed E-state index contributed by atoms with van der Waals surface area (Å²) in [6.45, 7) is 1.76. The minimum atomic E-state index is -4.17. The van der Waals surface area contributed by atoms with Crippen molar-refractivity contribution in [1.82, 2.24) is 20.3 Å². The van der Waals surface area contributed by atoms with Crippen LogP contribution in [0.3, 0.4) is 0 Å². The second kappa shape index (κ2) is 12.2. The first kappa shape index (κ1) is 27.9. The minimum Gasteiger partial charge on any atom is -0.435 e. The average molecular weight is 578 g/mol. The second-order valence-corrected chi connectivity index (χ2v) is 11.0. The van der Waals surface area contributed by atoms with Crippen molar-refractivity contribution in [2.45, 2.75) is 24.6 Å². The molecule has 1 aliphatic rings. The summed E-state index contributed by atoms with van der Waals surface area (Å²) < 4.78 is 63.1. The molecule has 0 spiro atoms. The fraction of sp³-hybridized carbons (Fsp3) is 0.214. The molecule has 0 unspecified atom stereocenters. The SMILES string of the molecule is N#Cc1ccccc1CS(=O)(=O)Nc1ccc(Oc2ncccc2-c2ccnc(N[C@H]3CCCNC3)n2)c(F)c1F. The number of nitriles is 1. The largest absolute Gasteiger partial charge is 0.435 e. The Balaban J connectivity index is 1.35. The van der Waals surface area contributed by atoms with Crippen molar-refractivity contribution in [3.63, 3.8) is 0 Å². The third-order valence-corrected chi connectivity index (χ3v) is 7.56. The molecule has 3 N–H and O–H groups in total. The van der Waals surface area contributed by atoms with Crippen molar-refractivity contribution < 1.29 is 21.9 Å². The molecule has 13 heteroatoms. The van der Waals surface area contributed by atoms with Gasteiger partial charge in [-0.15, -0.1) is 0 Å². The lowest BCUT2D eigenvalue weighted by molar-refractivity contribution is 0.407. The third-order valence-electron chi connectivity index (χ3n) is 6.34. The summed E-state index contributed by atoms with van der Waals surface area (Å²) in [5.41, 5.74) is 0.661. The van der Waals surface area contributed by atoms with Gasteiger partial charge in [0.1, 0.15) is 0 Å². The van der Waals surface area contributed by atoms with Gasteiger partial charge in [-0.3, -0.25) is 4.72 Å². The number of halogens is 2. The van der Waals surface area contributed by atoms with E-state index < -0.39 is 38.8 Å². The summed E-state index contributed by atoms with van der Waals surface area (Å²) in [5, 5.41) is 15.8. The zero-order valence-corrected chi connectivity index (χ0v) is 22.5. The Kier molecular flexibility index (Phi) is 8.32. The van der Waals surface area contributed by atoms with Gasteiger partial charge in [0.25, 0.3) is 0 Å². The predicted octanol–water partition coefficient (Wildman–Crippen LogP) is 4.59. The summed E-state index contributed by atoms with van der Waals surface area (Å²) in [7, 11) is -4.17. The number of hydrogen-bond acceptors (Lipinski definition) is 9. The van der Waals surface area contributed by atoms with Crippen LogP contribution in [0.5, 0.6) is 11.6 Å². The van der Waals surface area contributed by atoms with Crippen LogP contribution in [-0.4, -0.2) is 42.5 Å². The molecule has 0 bridgehead atoms. The van der Waals surface area contributed by atoms with E-state index in [9.17, 15) is 18.1 Å². The summed E-state index contributed by atoms with van der Waals surface area (Å²) in [4.78, 5) is 13.0. The standard InChI is InChI=1S/C28H25F2N7O3S/c29-25-23(37-41(38,39)17-19-6-2-1-5-18(19)15-31)9-10-24(26(25)30)40-27-21(8-4-13-33-27)22-11-14-34-28(36-22)35-20-7-3-12-32-16-20/h1-2,4-6,8-11,13-14,20,32,37H,3,7,12,16-17H2,(H,34,35,36)/t20-/m0/s1. The summed E-state index contributed by atoms with van der Waals surface area (Å²) in [6.07, 6.45) is 5.03. The van der Waals surface area contributed by atoms with Crippen molar-refractivity contribution in [2.75, 3.05) is 23.1 Å². The lowest BCUT2D eigenvalue weighted by Gasteiger charge is -2.23. The number of ether oxygens (including phenoxy) is 1. The average Bonchev–Trinajstić information content (AvgIpc) is 2.98. The molecule has 3 heterocycles. The molecule has 0 amide bonds. The maximum absolute atomic E-state index is 15.1. The molecule has 1 aliphatic heterocycles. The Bertz CT molecular complexity index is 1710. The summed E-state index contributed by atoms with van der Waals surface area (Å²) in [6, 6.07) is 15.3. The predicted molar refractivity (Wildman–Crippen MR) is 149 cm³/mol. The van der Waals surface area contributed by atoms with E-state index in [2.05, 4.69) is 25.6 Å². The van der Waals surface area contributed by atoms with E-state index >= 15 is 4.39 Å².